The first-order valence-corrected chi connectivity index (χ1v) is 10.4. The van der Waals surface area contributed by atoms with Crippen molar-refractivity contribution in [3.8, 4) is 5.75 Å². The summed E-state index contributed by atoms with van der Waals surface area (Å²) in [7, 11) is 0. The molecule has 3 aromatic carbocycles. The summed E-state index contributed by atoms with van der Waals surface area (Å²) in [5.41, 5.74) is 4.30. The van der Waals surface area contributed by atoms with Gasteiger partial charge in [-0.25, -0.2) is 14.6 Å². The summed E-state index contributed by atoms with van der Waals surface area (Å²) >= 11 is 0. The number of esters is 2. The van der Waals surface area contributed by atoms with Crippen molar-refractivity contribution >= 4 is 23.9 Å². The molecule has 4 rings (SSSR count). The van der Waals surface area contributed by atoms with Crippen LogP contribution in [0.1, 0.15) is 52.4 Å². The van der Waals surface area contributed by atoms with Crippen LogP contribution in [0.5, 0.6) is 5.75 Å². The Kier molecular flexibility index (Phi) is 5.99. The molecule has 0 unspecified atom stereocenters. The van der Waals surface area contributed by atoms with Crippen LogP contribution in [0.3, 0.4) is 0 Å². The fourth-order valence-electron chi connectivity index (χ4n) is 3.30. The molecule has 0 saturated carbocycles. The zero-order valence-corrected chi connectivity index (χ0v) is 18.2. The molecule has 0 saturated heterocycles. The molecule has 1 aliphatic rings. The van der Waals surface area contributed by atoms with Gasteiger partial charge in [0.25, 0.3) is 0 Å². The van der Waals surface area contributed by atoms with Crippen molar-refractivity contribution in [3.63, 3.8) is 0 Å². The third-order valence-electron chi connectivity index (χ3n) is 5.20. The van der Waals surface area contributed by atoms with Crippen LogP contribution in [0.4, 0.5) is 0 Å². The fraction of sp³-hybridized carbons (Fsp3) is 0.148. The lowest BCUT2D eigenvalue weighted by molar-refractivity contribution is -0.129. The molecule has 0 radical (unpaired) electrons. The second-order valence-corrected chi connectivity index (χ2v) is 7.89. The summed E-state index contributed by atoms with van der Waals surface area (Å²) in [5, 5.41) is 0. The topological polar surface area (TPSA) is 65.0 Å². The van der Waals surface area contributed by atoms with Crippen molar-refractivity contribution in [1.29, 1.82) is 0 Å². The van der Waals surface area contributed by atoms with Gasteiger partial charge in [0, 0.05) is 5.56 Å². The lowest BCUT2D eigenvalue weighted by Crippen LogP contribution is -2.09. The summed E-state index contributed by atoms with van der Waals surface area (Å²) in [5.74, 6) is 0.227. The van der Waals surface area contributed by atoms with Crippen LogP contribution < -0.4 is 4.74 Å². The van der Waals surface area contributed by atoms with Gasteiger partial charge in [-0.15, -0.1) is 0 Å². The van der Waals surface area contributed by atoms with Gasteiger partial charge < -0.3 is 9.47 Å². The van der Waals surface area contributed by atoms with Crippen LogP contribution >= 0.6 is 0 Å². The molecule has 0 atom stereocenters. The maximum Gasteiger partial charge on any atom is 0.363 e. The zero-order chi connectivity index (χ0) is 22.7. The van der Waals surface area contributed by atoms with E-state index in [9.17, 15) is 9.59 Å². The normalized spacial score (nSPS) is 14.4. The van der Waals surface area contributed by atoms with Crippen molar-refractivity contribution < 1.29 is 19.1 Å². The second-order valence-electron chi connectivity index (χ2n) is 7.89. The van der Waals surface area contributed by atoms with E-state index in [0.717, 1.165) is 16.7 Å². The third kappa shape index (κ3) is 4.67. The maximum atomic E-state index is 12.4. The second kappa shape index (κ2) is 9.02. The standard InChI is InChI=1S/C27H23NO4/c1-17(2)20-10-12-21(13-11-20)25-28-24(27(30)32-25)16-19-8-14-22(15-9-19)31-26(29)23-7-5-4-6-18(23)3/h4-17H,1-3H3/b24-16-. The highest BCUT2D eigenvalue weighted by molar-refractivity contribution is 6.12. The Bertz CT molecular complexity index is 1220. The summed E-state index contributed by atoms with van der Waals surface area (Å²) in [6, 6.07) is 22.0. The molecule has 0 aliphatic carbocycles. The largest absolute Gasteiger partial charge is 0.423 e. The van der Waals surface area contributed by atoms with E-state index >= 15 is 0 Å². The monoisotopic (exact) mass is 425 g/mol. The summed E-state index contributed by atoms with van der Waals surface area (Å²) in [6.45, 7) is 6.11. The number of hydrogen-bond acceptors (Lipinski definition) is 5. The molecule has 3 aromatic rings. The lowest BCUT2D eigenvalue weighted by atomic mass is 10.0. The summed E-state index contributed by atoms with van der Waals surface area (Å²) in [6.07, 6.45) is 1.64. The predicted molar refractivity (Wildman–Crippen MR) is 124 cm³/mol. The first-order valence-electron chi connectivity index (χ1n) is 10.4. The SMILES string of the molecule is Cc1ccccc1C(=O)Oc1ccc(/C=C2\N=C(c3ccc(C(C)C)cc3)OC2=O)cc1. The van der Waals surface area contributed by atoms with Gasteiger partial charge in [0.05, 0.1) is 5.56 Å². The number of hydrogen-bond donors (Lipinski definition) is 0. The van der Waals surface area contributed by atoms with Gasteiger partial charge >= 0.3 is 11.9 Å². The van der Waals surface area contributed by atoms with Crippen LogP contribution in [0.25, 0.3) is 6.08 Å². The Labute approximate surface area is 187 Å². The predicted octanol–water partition coefficient (Wildman–Crippen LogP) is 5.68. The molecule has 160 valence electrons. The third-order valence-corrected chi connectivity index (χ3v) is 5.20. The lowest BCUT2D eigenvalue weighted by Gasteiger charge is -2.06. The van der Waals surface area contributed by atoms with E-state index in [1.807, 2.05) is 43.3 Å². The Morgan fingerprint density at radius 2 is 1.66 bits per heavy atom. The fourth-order valence-corrected chi connectivity index (χ4v) is 3.30. The molecule has 0 N–H and O–H groups in total. The molecular weight excluding hydrogens is 402 g/mol. The number of cyclic esters (lactones) is 1. The molecule has 0 fully saturated rings. The van der Waals surface area contributed by atoms with Crippen molar-refractivity contribution in [3.05, 3.63) is 106 Å². The van der Waals surface area contributed by atoms with Gasteiger partial charge in [0.15, 0.2) is 5.70 Å². The average Bonchev–Trinajstić information content (AvgIpc) is 3.15. The van der Waals surface area contributed by atoms with Crippen LogP contribution in [-0.4, -0.2) is 17.8 Å². The summed E-state index contributed by atoms with van der Waals surface area (Å²) in [4.78, 5) is 29.0. The van der Waals surface area contributed by atoms with Crippen molar-refractivity contribution in [2.24, 2.45) is 4.99 Å². The van der Waals surface area contributed by atoms with E-state index in [1.54, 1.807) is 42.5 Å². The number of rotatable bonds is 5. The Morgan fingerprint density at radius 3 is 2.31 bits per heavy atom. The average molecular weight is 425 g/mol. The highest BCUT2D eigenvalue weighted by Crippen LogP contribution is 2.22. The van der Waals surface area contributed by atoms with Crippen LogP contribution in [-0.2, 0) is 9.53 Å². The Morgan fingerprint density at radius 1 is 0.969 bits per heavy atom. The molecule has 32 heavy (non-hydrogen) atoms. The number of ether oxygens (including phenoxy) is 2. The highest BCUT2D eigenvalue weighted by Gasteiger charge is 2.24. The zero-order valence-electron chi connectivity index (χ0n) is 18.2. The van der Waals surface area contributed by atoms with Crippen molar-refractivity contribution in [2.45, 2.75) is 26.7 Å². The first-order chi connectivity index (χ1) is 15.4. The van der Waals surface area contributed by atoms with E-state index < -0.39 is 11.9 Å². The van der Waals surface area contributed by atoms with E-state index in [4.69, 9.17) is 9.47 Å². The maximum absolute atomic E-state index is 12.4. The Hall–Kier alpha value is -3.99. The minimum absolute atomic E-state index is 0.220. The van der Waals surface area contributed by atoms with Crippen LogP contribution in [0.15, 0.2) is 83.5 Å². The minimum atomic E-state index is -0.497. The first kappa shape index (κ1) is 21.2. The van der Waals surface area contributed by atoms with E-state index in [0.29, 0.717) is 23.1 Å². The molecule has 1 aliphatic heterocycles. The smallest absolute Gasteiger partial charge is 0.363 e. The number of benzene rings is 3. The van der Waals surface area contributed by atoms with Gasteiger partial charge in [-0.1, -0.05) is 56.3 Å². The van der Waals surface area contributed by atoms with E-state index in [2.05, 4.69) is 18.8 Å². The number of carbonyl (C=O) groups is 2. The van der Waals surface area contributed by atoms with Gasteiger partial charge in [-0.2, -0.15) is 0 Å². The van der Waals surface area contributed by atoms with E-state index in [-0.39, 0.29) is 5.70 Å². The minimum Gasteiger partial charge on any atom is -0.423 e. The Balaban J connectivity index is 1.48. The van der Waals surface area contributed by atoms with Gasteiger partial charge in [0.1, 0.15) is 5.75 Å². The molecule has 5 nitrogen and oxygen atoms in total. The molecule has 0 amide bonds. The molecule has 1 heterocycles. The van der Waals surface area contributed by atoms with Crippen LogP contribution in [0, 0.1) is 6.92 Å². The van der Waals surface area contributed by atoms with Gasteiger partial charge in [0.2, 0.25) is 5.90 Å². The van der Waals surface area contributed by atoms with Gasteiger partial charge in [-0.3, -0.25) is 0 Å². The molecule has 5 heteroatoms. The number of aliphatic imine (C=N–C) groups is 1. The number of carbonyl (C=O) groups excluding carboxylic acids is 2. The van der Waals surface area contributed by atoms with Crippen molar-refractivity contribution in [1.82, 2.24) is 0 Å². The molecule has 0 aromatic heterocycles. The number of nitrogens with zero attached hydrogens (tertiary/aromatic N) is 1. The van der Waals surface area contributed by atoms with Gasteiger partial charge in [-0.05, 0) is 65.9 Å². The molecule has 0 bridgehead atoms. The molecular formula is C27H23NO4. The quantitative estimate of drug-likeness (QED) is 0.300. The molecule has 0 spiro atoms. The van der Waals surface area contributed by atoms with E-state index in [1.165, 1.54) is 5.56 Å². The number of aryl methyl sites for hydroxylation is 1. The highest BCUT2D eigenvalue weighted by atomic mass is 16.6. The summed E-state index contributed by atoms with van der Waals surface area (Å²) < 4.78 is 10.8. The van der Waals surface area contributed by atoms with Crippen LogP contribution in [0.2, 0.25) is 0 Å². The van der Waals surface area contributed by atoms with Crippen molar-refractivity contribution in [2.75, 3.05) is 0 Å².